The van der Waals surface area contributed by atoms with Gasteiger partial charge in [-0.1, -0.05) is 6.07 Å². The highest BCUT2D eigenvalue weighted by atomic mass is 19.1. The number of ether oxygens (including phenoxy) is 3. The van der Waals surface area contributed by atoms with Crippen molar-refractivity contribution in [3.05, 3.63) is 217 Å². The van der Waals surface area contributed by atoms with Gasteiger partial charge in [0.25, 0.3) is 17.7 Å². The molecule has 9 rings (SSSR count). The Morgan fingerprint density at radius 2 is 1.00 bits per heavy atom. The highest BCUT2D eigenvalue weighted by molar-refractivity contribution is 6.04. The number of carbonyl (C=O) groups excluding carboxylic acids is 3. The van der Waals surface area contributed by atoms with Crippen LogP contribution in [0.3, 0.4) is 0 Å². The van der Waals surface area contributed by atoms with Gasteiger partial charge in [-0.3, -0.25) is 24.4 Å². The van der Waals surface area contributed by atoms with Crippen LogP contribution in [0.1, 0.15) is 53.8 Å². The third kappa shape index (κ3) is 15.5. The van der Waals surface area contributed by atoms with Crippen molar-refractivity contribution in [2.75, 3.05) is 16.0 Å². The summed E-state index contributed by atoms with van der Waals surface area (Å²) in [4.78, 5) is 71.8. The Bertz CT molecular complexity index is 3410. The number of aromatic nitrogens is 9. The summed E-state index contributed by atoms with van der Waals surface area (Å²) < 4.78 is 44.1. The van der Waals surface area contributed by atoms with Gasteiger partial charge in [0.05, 0.1) is 48.8 Å². The first-order valence-corrected chi connectivity index (χ1v) is 21.5. The summed E-state index contributed by atoms with van der Waals surface area (Å²) >= 11 is 0. The van der Waals surface area contributed by atoms with E-state index >= 15 is 0 Å². The number of rotatable bonds is 12. The van der Waals surface area contributed by atoms with E-state index in [-0.39, 0.29) is 40.4 Å². The van der Waals surface area contributed by atoms with Crippen LogP contribution in [0.4, 0.5) is 25.8 Å². The van der Waals surface area contributed by atoms with E-state index in [2.05, 4.69) is 60.8 Å². The highest BCUT2D eigenvalue weighted by Gasteiger charge is 2.14. The van der Waals surface area contributed by atoms with Gasteiger partial charge in [0, 0.05) is 59.4 Å². The van der Waals surface area contributed by atoms with Gasteiger partial charge in [-0.05, 0) is 98.6 Å². The molecule has 0 fully saturated rings. The lowest BCUT2D eigenvalue weighted by atomic mass is 10.2. The Morgan fingerprint density at radius 1 is 0.507 bits per heavy atom. The number of pyridine rings is 3. The van der Waals surface area contributed by atoms with E-state index in [4.69, 9.17) is 14.2 Å². The monoisotopic (exact) mass is 979 g/mol. The molecule has 0 aliphatic heterocycles. The van der Waals surface area contributed by atoms with Gasteiger partial charge in [-0.2, -0.15) is 5.26 Å². The molecule has 9 aromatic rings. The summed E-state index contributed by atoms with van der Waals surface area (Å²) in [5.41, 5.74) is 4.81. The number of nitriles is 1. The highest BCUT2D eigenvalue weighted by Crippen LogP contribution is 2.29. The molecule has 0 unspecified atom stereocenters. The third-order valence-corrected chi connectivity index (χ3v) is 9.34. The van der Waals surface area contributed by atoms with Crippen LogP contribution in [0.25, 0.3) is 0 Å². The Labute approximate surface area is 415 Å². The molecule has 0 saturated heterocycles. The Balaban J connectivity index is 0.000000160. The lowest BCUT2D eigenvalue weighted by Gasteiger charge is -2.09. The average molecular weight is 980 g/mol. The van der Waals surface area contributed by atoms with E-state index in [0.29, 0.717) is 45.6 Å². The molecule has 21 heteroatoms. The molecule has 73 heavy (non-hydrogen) atoms. The van der Waals surface area contributed by atoms with Crippen LogP contribution in [0, 0.1) is 43.7 Å². The largest absolute Gasteiger partial charge is 0.454 e. The number of nitrogens with zero attached hydrogens (tertiary/aromatic N) is 10. The number of anilines is 3. The maximum Gasteiger partial charge on any atom is 0.274 e. The molecule has 0 saturated carbocycles. The van der Waals surface area contributed by atoms with Crippen molar-refractivity contribution >= 4 is 34.8 Å². The summed E-state index contributed by atoms with van der Waals surface area (Å²) in [5, 5.41) is 17.2. The van der Waals surface area contributed by atoms with Crippen molar-refractivity contribution in [2.45, 2.75) is 20.8 Å². The van der Waals surface area contributed by atoms with E-state index in [0.717, 1.165) is 16.8 Å². The van der Waals surface area contributed by atoms with Crippen LogP contribution in [-0.2, 0) is 0 Å². The standard InChI is InChI=1S/C18H13N5O2.2C17H13FN4O2/c1-12-2-3-22-17(4-12)18(24)23-14-5-13(8-19)6-15(7-14)25-16-9-20-11-21-10-16;1-11-2-3-21-16(4-11)17(23)22-13-5-12(18)6-14(7-13)24-15-8-19-10-20-9-15;1-11-3-2-4-15(21-11)17(23)22-12-5-6-14(18)16(7-12)24-13-8-19-10-20-9-13/h2-7,9-11H,1H3,(H,23,24);2*2-10H,1H3,(H,22,23). The predicted octanol–water partition coefficient (Wildman–Crippen LogP) is 9.82. The smallest absolute Gasteiger partial charge is 0.274 e. The molecular weight excluding hydrogens is 941 g/mol. The molecule has 6 aromatic heterocycles. The van der Waals surface area contributed by atoms with Crippen LogP contribution in [-0.4, -0.2) is 62.6 Å². The second-order valence-corrected chi connectivity index (χ2v) is 15.2. The van der Waals surface area contributed by atoms with Crippen LogP contribution < -0.4 is 30.2 Å². The van der Waals surface area contributed by atoms with Crippen molar-refractivity contribution in [1.82, 2.24) is 44.9 Å². The van der Waals surface area contributed by atoms with E-state index in [1.54, 1.807) is 80.0 Å². The van der Waals surface area contributed by atoms with Gasteiger partial charge < -0.3 is 30.2 Å². The van der Waals surface area contributed by atoms with Crippen LogP contribution in [0.5, 0.6) is 34.5 Å². The SMILES string of the molecule is Cc1cccc(C(=O)Nc2ccc(F)c(Oc3cncnc3)c2)n1.Cc1ccnc(C(=O)Nc2cc(C#N)cc(Oc3cncnc3)c2)c1.Cc1ccnc(C(=O)Nc2cc(F)cc(Oc3cncnc3)c2)c1. The van der Waals surface area contributed by atoms with Gasteiger partial charge >= 0.3 is 0 Å². The van der Waals surface area contributed by atoms with Crippen molar-refractivity contribution in [1.29, 1.82) is 5.26 Å². The van der Waals surface area contributed by atoms with Crippen LogP contribution >= 0.6 is 0 Å². The first-order chi connectivity index (χ1) is 35.3. The van der Waals surface area contributed by atoms with E-state index in [1.165, 1.54) is 92.6 Å². The zero-order chi connectivity index (χ0) is 51.5. The number of halogens is 2. The molecule has 0 aliphatic carbocycles. The molecule has 0 bridgehead atoms. The van der Waals surface area contributed by atoms with Gasteiger partial charge in [0.2, 0.25) is 0 Å². The Kier molecular flexibility index (Phi) is 17.0. The second-order valence-electron chi connectivity index (χ2n) is 15.2. The zero-order valence-corrected chi connectivity index (χ0v) is 38.8. The van der Waals surface area contributed by atoms with Gasteiger partial charge in [0.1, 0.15) is 53.4 Å². The van der Waals surface area contributed by atoms with Gasteiger partial charge in [0.15, 0.2) is 28.8 Å². The number of carbonyl (C=O) groups is 3. The molecule has 19 nitrogen and oxygen atoms in total. The number of nitrogens with one attached hydrogen (secondary N) is 3. The second kappa shape index (κ2) is 24.7. The fourth-order valence-corrected chi connectivity index (χ4v) is 6.14. The minimum absolute atomic E-state index is 0.0419. The number of hydrogen-bond donors (Lipinski definition) is 3. The molecule has 3 aromatic carbocycles. The van der Waals surface area contributed by atoms with Crippen molar-refractivity contribution in [3.63, 3.8) is 0 Å². The lowest BCUT2D eigenvalue weighted by Crippen LogP contribution is -2.14. The number of benzene rings is 3. The molecule has 0 spiro atoms. The first kappa shape index (κ1) is 50.4. The summed E-state index contributed by atoms with van der Waals surface area (Å²) in [6.45, 7) is 5.53. The number of hydrogen-bond acceptors (Lipinski definition) is 16. The maximum absolute atomic E-state index is 13.9. The van der Waals surface area contributed by atoms with Crippen molar-refractivity contribution < 1.29 is 37.4 Å². The van der Waals surface area contributed by atoms with E-state index in [9.17, 15) is 28.4 Å². The molecule has 0 aliphatic rings. The van der Waals surface area contributed by atoms with Crippen molar-refractivity contribution in [2.24, 2.45) is 0 Å². The van der Waals surface area contributed by atoms with Gasteiger partial charge in [-0.25, -0.2) is 43.7 Å². The molecule has 0 radical (unpaired) electrons. The first-order valence-electron chi connectivity index (χ1n) is 21.5. The molecular formula is C52H39F2N13O6. The summed E-state index contributed by atoms with van der Waals surface area (Å²) in [5.74, 6) is -0.651. The summed E-state index contributed by atoms with van der Waals surface area (Å²) in [6, 6.07) is 26.8. The minimum Gasteiger partial charge on any atom is -0.454 e. The van der Waals surface area contributed by atoms with Crippen molar-refractivity contribution in [3.8, 4) is 40.6 Å². The fraction of sp³-hybridized carbons (Fsp3) is 0.0577. The topological polar surface area (TPSA) is 255 Å². The molecule has 0 atom stereocenters. The molecule has 3 amide bonds. The average Bonchev–Trinajstić information content (AvgIpc) is 3.38. The normalized spacial score (nSPS) is 10.1. The predicted molar refractivity (Wildman–Crippen MR) is 261 cm³/mol. The molecule has 362 valence electrons. The lowest BCUT2D eigenvalue weighted by molar-refractivity contribution is 0.101. The summed E-state index contributed by atoms with van der Waals surface area (Å²) in [7, 11) is 0. The number of amides is 3. The maximum atomic E-state index is 13.9. The van der Waals surface area contributed by atoms with Crippen LogP contribution in [0.15, 0.2) is 166 Å². The Morgan fingerprint density at radius 3 is 1.52 bits per heavy atom. The minimum atomic E-state index is -0.564. The van der Waals surface area contributed by atoms with Gasteiger partial charge in [-0.15, -0.1) is 0 Å². The van der Waals surface area contributed by atoms with Crippen LogP contribution in [0.2, 0.25) is 0 Å². The van der Waals surface area contributed by atoms with E-state index < -0.39 is 17.5 Å². The third-order valence-electron chi connectivity index (χ3n) is 9.34. The zero-order valence-electron chi connectivity index (χ0n) is 38.8. The number of aryl methyl sites for hydroxylation is 3. The fourth-order valence-electron chi connectivity index (χ4n) is 6.14. The Hall–Kier alpha value is -10.5. The molecule has 3 N–H and O–H groups in total. The van der Waals surface area contributed by atoms with E-state index in [1.807, 2.05) is 19.9 Å². The summed E-state index contributed by atoms with van der Waals surface area (Å²) in [6.07, 6.45) is 15.9. The quantitative estimate of drug-likeness (QED) is 0.103. The molecule has 6 heterocycles.